The minimum absolute atomic E-state index is 0.302. The van der Waals surface area contributed by atoms with Crippen molar-refractivity contribution in [3.63, 3.8) is 0 Å². The van der Waals surface area contributed by atoms with E-state index in [1.165, 1.54) is 0 Å². The van der Waals surface area contributed by atoms with Crippen LogP contribution in [0.15, 0.2) is 23.3 Å². The number of nitrogens with zero attached hydrogens (tertiary/aromatic N) is 3. The van der Waals surface area contributed by atoms with Crippen molar-refractivity contribution in [2.75, 3.05) is 17.2 Å². The first-order valence-electron chi connectivity index (χ1n) is 4.72. The van der Waals surface area contributed by atoms with Gasteiger partial charge in [-0.1, -0.05) is 6.08 Å². The summed E-state index contributed by atoms with van der Waals surface area (Å²) >= 11 is 3.30. The van der Waals surface area contributed by atoms with Gasteiger partial charge in [0, 0.05) is 18.7 Å². The molecule has 5 heteroatoms. The Bertz CT molecular complexity index is 331. The summed E-state index contributed by atoms with van der Waals surface area (Å²) < 4.78 is 0.694. The molecule has 0 fully saturated rings. The Morgan fingerprint density at radius 3 is 2.73 bits per heavy atom. The van der Waals surface area contributed by atoms with Gasteiger partial charge < -0.3 is 10.6 Å². The molecule has 15 heavy (non-hydrogen) atoms. The molecule has 0 aliphatic heterocycles. The Balaban J connectivity index is 3.04. The summed E-state index contributed by atoms with van der Waals surface area (Å²) in [5, 5.41) is 0. The first kappa shape index (κ1) is 12.0. The van der Waals surface area contributed by atoms with Crippen molar-refractivity contribution in [2.45, 2.75) is 19.9 Å². The van der Waals surface area contributed by atoms with Crippen LogP contribution in [0.25, 0.3) is 0 Å². The van der Waals surface area contributed by atoms with Crippen LogP contribution in [0.2, 0.25) is 0 Å². The molecule has 2 N–H and O–H groups in total. The summed E-state index contributed by atoms with van der Waals surface area (Å²) in [6.45, 7) is 8.56. The maximum Gasteiger partial charge on any atom is 0.228 e. The van der Waals surface area contributed by atoms with Crippen molar-refractivity contribution in [1.29, 1.82) is 0 Å². The van der Waals surface area contributed by atoms with Gasteiger partial charge in [-0.3, -0.25) is 0 Å². The number of halogens is 1. The second kappa shape index (κ2) is 5.11. The van der Waals surface area contributed by atoms with Gasteiger partial charge in [0.25, 0.3) is 0 Å². The topological polar surface area (TPSA) is 55.0 Å². The molecular weight excluding hydrogens is 256 g/mol. The third-order valence-electron chi connectivity index (χ3n) is 1.91. The average Bonchev–Trinajstić information content (AvgIpc) is 2.11. The largest absolute Gasteiger partial charge is 0.383 e. The van der Waals surface area contributed by atoms with Gasteiger partial charge in [-0.05, 0) is 29.8 Å². The van der Waals surface area contributed by atoms with E-state index in [-0.39, 0.29) is 0 Å². The summed E-state index contributed by atoms with van der Waals surface area (Å²) in [5.74, 6) is 1.08. The Kier molecular flexibility index (Phi) is 4.08. The molecule has 0 radical (unpaired) electrons. The number of anilines is 2. The fraction of sp³-hybridized carbons (Fsp3) is 0.400. The zero-order chi connectivity index (χ0) is 11.4. The van der Waals surface area contributed by atoms with Crippen molar-refractivity contribution >= 4 is 27.7 Å². The number of rotatable bonds is 4. The highest BCUT2D eigenvalue weighted by Crippen LogP contribution is 2.17. The molecule has 4 nitrogen and oxygen atoms in total. The van der Waals surface area contributed by atoms with Gasteiger partial charge in [-0.15, -0.1) is 6.58 Å². The van der Waals surface area contributed by atoms with Gasteiger partial charge >= 0.3 is 0 Å². The van der Waals surface area contributed by atoms with Crippen molar-refractivity contribution in [1.82, 2.24) is 9.97 Å². The molecule has 0 saturated carbocycles. The first-order chi connectivity index (χ1) is 7.04. The summed E-state index contributed by atoms with van der Waals surface area (Å²) in [6.07, 6.45) is 1.82. The number of hydrogen-bond donors (Lipinski definition) is 1. The highest BCUT2D eigenvalue weighted by molar-refractivity contribution is 9.10. The van der Waals surface area contributed by atoms with Crippen molar-refractivity contribution in [3.05, 3.63) is 23.3 Å². The van der Waals surface area contributed by atoms with Gasteiger partial charge in [-0.2, -0.15) is 4.98 Å². The number of nitrogen functional groups attached to an aromatic ring is 1. The molecule has 0 spiro atoms. The monoisotopic (exact) mass is 270 g/mol. The molecule has 1 aromatic rings. The molecule has 0 aliphatic rings. The van der Waals surface area contributed by atoms with E-state index < -0.39 is 0 Å². The second-order valence-corrected chi connectivity index (χ2v) is 4.26. The Morgan fingerprint density at radius 1 is 1.60 bits per heavy atom. The molecule has 0 amide bonds. The number of hydrogen-bond acceptors (Lipinski definition) is 4. The van der Waals surface area contributed by atoms with Gasteiger partial charge in [-0.25, -0.2) is 4.98 Å². The van der Waals surface area contributed by atoms with Crippen LogP contribution in [0, 0.1) is 0 Å². The van der Waals surface area contributed by atoms with Crippen LogP contribution in [0.1, 0.15) is 13.8 Å². The quantitative estimate of drug-likeness (QED) is 0.674. The van der Waals surface area contributed by atoms with Gasteiger partial charge in [0.15, 0.2) is 0 Å². The fourth-order valence-electron chi connectivity index (χ4n) is 1.21. The van der Waals surface area contributed by atoms with Crippen LogP contribution in [-0.2, 0) is 0 Å². The summed E-state index contributed by atoms with van der Waals surface area (Å²) in [7, 11) is 0. The highest BCUT2D eigenvalue weighted by Gasteiger charge is 2.12. The average molecular weight is 271 g/mol. The van der Waals surface area contributed by atoms with Crippen molar-refractivity contribution in [3.8, 4) is 0 Å². The molecule has 1 heterocycles. The minimum atomic E-state index is 0.302. The van der Waals surface area contributed by atoms with Gasteiger partial charge in [0.1, 0.15) is 10.4 Å². The lowest BCUT2D eigenvalue weighted by molar-refractivity contribution is 0.699. The normalized spacial score (nSPS) is 10.4. The van der Waals surface area contributed by atoms with Gasteiger partial charge in [0.05, 0.1) is 0 Å². The predicted octanol–water partition coefficient (Wildman–Crippen LogP) is 2.22. The zero-order valence-electron chi connectivity index (χ0n) is 8.94. The molecule has 0 aromatic carbocycles. The third-order valence-corrected chi connectivity index (χ3v) is 2.32. The molecule has 0 atom stereocenters. The lowest BCUT2D eigenvalue weighted by Crippen LogP contribution is -2.32. The molecule has 0 unspecified atom stereocenters. The molecular formula is C10H15BrN4. The zero-order valence-corrected chi connectivity index (χ0v) is 10.5. The molecule has 82 valence electrons. The SMILES string of the molecule is C=CCN(c1nc(N)cc(Br)n1)C(C)C. The minimum Gasteiger partial charge on any atom is -0.383 e. The Morgan fingerprint density at radius 2 is 2.27 bits per heavy atom. The summed E-state index contributed by atoms with van der Waals surface area (Å²) in [6, 6.07) is 1.98. The molecule has 1 aromatic heterocycles. The predicted molar refractivity (Wildman–Crippen MR) is 66.8 cm³/mol. The van der Waals surface area contributed by atoms with Crippen LogP contribution < -0.4 is 10.6 Å². The molecule has 0 bridgehead atoms. The fourth-order valence-corrected chi connectivity index (χ4v) is 1.61. The van der Waals surface area contributed by atoms with Crippen LogP contribution >= 0.6 is 15.9 Å². The smallest absolute Gasteiger partial charge is 0.228 e. The number of aromatic nitrogens is 2. The maximum absolute atomic E-state index is 5.66. The maximum atomic E-state index is 5.66. The summed E-state index contributed by atoms with van der Waals surface area (Å²) in [5.41, 5.74) is 5.66. The number of nitrogens with two attached hydrogens (primary N) is 1. The van der Waals surface area contributed by atoms with Gasteiger partial charge in [0.2, 0.25) is 5.95 Å². The molecule has 0 saturated heterocycles. The first-order valence-corrected chi connectivity index (χ1v) is 5.51. The van der Waals surface area contributed by atoms with Crippen LogP contribution in [0.4, 0.5) is 11.8 Å². The van der Waals surface area contributed by atoms with E-state index in [1.807, 2.05) is 11.0 Å². The van der Waals surface area contributed by atoms with E-state index >= 15 is 0 Å². The van der Waals surface area contributed by atoms with Crippen molar-refractivity contribution in [2.24, 2.45) is 0 Å². The van der Waals surface area contributed by atoms with Crippen LogP contribution in [-0.4, -0.2) is 22.6 Å². The Labute approximate surface area is 98.3 Å². The summed E-state index contributed by atoms with van der Waals surface area (Å²) in [4.78, 5) is 10.5. The van der Waals surface area contributed by atoms with E-state index in [0.29, 0.717) is 29.0 Å². The van der Waals surface area contributed by atoms with E-state index in [1.54, 1.807) is 6.07 Å². The van der Waals surface area contributed by atoms with E-state index in [2.05, 4.69) is 46.3 Å². The molecule has 0 aliphatic carbocycles. The van der Waals surface area contributed by atoms with E-state index in [9.17, 15) is 0 Å². The molecule has 1 rings (SSSR count). The van der Waals surface area contributed by atoms with Crippen LogP contribution in [0.3, 0.4) is 0 Å². The lowest BCUT2D eigenvalue weighted by atomic mass is 10.3. The van der Waals surface area contributed by atoms with E-state index in [0.717, 1.165) is 0 Å². The highest BCUT2D eigenvalue weighted by atomic mass is 79.9. The third kappa shape index (κ3) is 3.20. The second-order valence-electron chi connectivity index (χ2n) is 3.45. The van der Waals surface area contributed by atoms with E-state index in [4.69, 9.17) is 5.73 Å². The van der Waals surface area contributed by atoms with Crippen LogP contribution in [0.5, 0.6) is 0 Å². The van der Waals surface area contributed by atoms with Crippen molar-refractivity contribution < 1.29 is 0 Å². The Hall–Kier alpha value is -1.10. The standard InChI is InChI=1S/C10H15BrN4/c1-4-5-15(7(2)3)10-13-8(11)6-9(12)14-10/h4,6-7H,1,5H2,2-3H3,(H2,12,13,14). The lowest BCUT2D eigenvalue weighted by Gasteiger charge is -2.25.